The fraction of sp³-hybridized carbons (Fsp3) is 0.381. The summed E-state index contributed by atoms with van der Waals surface area (Å²) >= 11 is 1.17. The molecule has 0 aliphatic heterocycles. The highest BCUT2D eigenvalue weighted by Crippen LogP contribution is 2.26. The van der Waals surface area contributed by atoms with Gasteiger partial charge in [0.15, 0.2) is 0 Å². The van der Waals surface area contributed by atoms with Crippen molar-refractivity contribution in [2.45, 2.75) is 46.6 Å². The van der Waals surface area contributed by atoms with Crippen molar-refractivity contribution in [2.75, 3.05) is 11.6 Å². The van der Waals surface area contributed by atoms with Crippen LogP contribution in [0.1, 0.15) is 48.9 Å². The van der Waals surface area contributed by atoms with Gasteiger partial charge in [0.25, 0.3) is 5.24 Å². The SMILES string of the molecule is CCc1ccc(OCc2ccc(C(C)C)cc2NC(=O)SC)c(C)c1. The zero-order chi connectivity index (χ0) is 18.4. The van der Waals surface area contributed by atoms with Crippen LogP contribution < -0.4 is 10.1 Å². The molecule has 4 heteroatoms. The first-order chi connectivity index (χ1) is 11.9. The summed E-state index contributed by atoms with van der Waals surface area (Å²) in [5.74, 6) is 1.29. The molecule has 0 spiro atoms. The van der Waals surface area contributed by atoms with Gasteiger partial charge in [-0.2, -0.15) is 0 Å². The molecule has 1 amide bonds. The van der Waals surface area contributed by atoms with Crippen molar-refractivity contribution in [2.24, 2.45) is 0 Å². The Labute approximate surface area is 155 Å². The average Bonchev–Trinajstić information content (AvgIpc) is 2.61. The van der Waals surface area contributed by atoms with E-state index in [0.29, 0.717) is 12.5 Å². The molecule has 134 valence electrons. The number of hydrogen-bond acceptors (Lipinski definition) is 3. The standard InChI is InChI=1S/C21H27NO2S/c1-6-16-7-10-20(15(4)11-16)24-13-18-9-8-17(14(2)3)12-19(18)22-21(23)25-5/h7-12,14H,6,13H2,1-5H3,(H,22,23). The number of ether oxygens (including phenoxy) is 1. The lowest BCUT2D eigenvalue weighted by molar-refractivity contribution is 0.269. The average molecular weight is 358 g/mol. The van der Waals surface area contributed by atoms with Crippen molar-refractivity contribution in [1.29, 1.82) is 0 Å². The third-order valence-corrected chi connectivity index (χ3v) is 4.73. The van der Waals surface area contributed by atoms with Crippen LogP contribution in [0.2, 0.25) is 0 Å². The van der Waals surface area contributed by atoms with E-state index in [4.69, 9.17) is 4.74 Å². The molecule has 0 aliphatic carbocycles. The smallest absolute Gasteiger partial charge is 0.283 e. The van der Waals surface area contributed by atoms with Crippen molar-refractivity contribution < 1.29 is 9.53 Å². The Balaban J connectivity index is 2.21. The van der Waals surface area contributed by atoms with Gasteiger partial charge in [-0.25, -0.2) is 0 Å². The van der Waals surface area contributed by atoms with E-state index < -0.39 is 0 Å². The number of hydrogen-bond donors (Lipinski definition) is 1. The molecule has 1 N–H and O–H groups in total. The van der Waals surface area contributed by atoms with Crippen LogP contribution in [-0.2, 0) is 13.0 Å². The van der Waals surface area contributed by atoms with Crippen molar-refractivity contribution in [1.82, 2.24) is 0 Å². The molecule has 0 saturated heterocycles. The second-order valence-corrected chi connectivity index (χ2v) is 7.21. The van der Waals surface area contributed by atoms with Gasteiger partial charge in [-0.1, -0.05) is 56.8 Å². The number of carbonyl (C=O) groups excluding carboxylic acids is 1. The summed E-state index contributed by atoms with van der Waals surface area (Å²) in [5, 5.41) is 2.90. The van der Waals surface area contributed by atoms with E-state index in [0.717, 1.165) is 29.0 Å². The fourth-order valence-electron chi connectivity index (χ4n) is 2.61. The molecule has 2 rings (SSSR count). The monoisotopic (exact) mass is 357 g/mol. The Bertz CT molecular complexity index is 741. The van der Waals surface area contributed by atoms with Crippen LogP contribution in [0.5, 0.6) is 5.75 Å². The highest BCUT2D eigenvalue weighted by atomic mass is 32.2. The number of anilines is 1. The highest BCUT2D eigenvalue weighted by molar-refractivity contribution is 8.13. The van der Waals surface area contributed by atoms with Gasteiger partial charge in [-0.05, 0) is 54.3 Å². The molecule has 2 aromatic carbocycles. The van der Waals surface area contributed by atoms with Crippen molar-refractivity contribution in [3.8, 4) is 5.75 Å². The Morgan fingerprint density at radius 1 is 1.20 bits per heavy atom. The summed E-state index contributed by atoms with van der Waals surface area (Å²) in [6, 6.07) is 12.5. The van der Waals surface area contributed by atoms with Crippen LogP contribution in [0, 0.1) is 6.92 Å². The first kappa shape index (κ1) is 19.4. The summed E-state index contributed by atoms with van der Waals surface area (Å²) in [5.41, 5.74) is 5.44. The molecule has 0 aliphatic rings. The maximum Gasteiger partial charge on any atom is 0.283 e. The molecule has 2 aromatic rings. The molecule has 3 nitrogen and oxygen atoms in total. The van der Waals surface area contributed by atoms with Crippen LogP contribution in [0.25, 0.3) is 0 Å². The predicted molar refractivity (Wildman–Crippen MR) is 108 cm³/mol. The van der Waals surface area contributed by atoms with Crippen molar-refractivity contribution in [3.63, 3.8) is 0 Å². The molecule has 25 heavy (non-hydrogen) atoms. The second kappa shape index (κ2) is 8.95. The molecule has 0 radical (unpaired) electrons. The van der Waals surface area contributed by atoms with E-state index in [1.165, 1.54) is 22.9 Å². The van der Waals surface area contributed by atoms with E-state index in [1.807, 2.05) is 18.2 Å². The minimum Gasteiger partial charge on any atom is -0.489 e. The largest absolute Gasteiger partial charge is 0.489 e. The minimum absolute atomic E-state index is 0.0642. The van der Waals surface area contributed by atoms with Crippen LogP contribution in [0.15, 0.2) is 36.4 Å². The lowest BCUT2D eigenvalue weighted by Gasteiger charge is -2.16. The van der Waals surface area contributed by atoms with Crippen LogP contribution >= 0.6 is 11.8 Å². The molecule has 0 unspecified atom stereocenters. The maximum atomic E-state index is 11.8. The summed E-state index contributed by atoms with van der Waals surface area (Å²) in [6.07, 6.45) is 2.79. The van der Waals surface area contributed by atoms with E-state index in [9.17, 15) is 4.79 Å². The number of thioether (sulfide) groups is 1. The number of rotatable bonds is 6. The maximum absolute atomic E-state index is 11.8. The topological polar surface area (TPSA) is 38.3 Å². The molecule has 0 aromatic heterocycles. The number of nitrogens with one attached hydrogen (secondary N) is 1. The van der Waals surface area contributed by atoms with Gasteiger partial charge in [0, 0.05) is 11.3 Å². The van der Waals surface area contributed by atoms with Gasteiger partial charge in [0.1, 0.15) is 12.4 Å². The first-order valence-corrected chi connectivity index (χ1v) is 9.87. The fourth-order valence-corrected chi connectivity index (χ4v) is 2.82. The van der Waals surface area contributed by atoms with E-state index in [-0.39, 0.29) is 5.24 Å². The van der Waals surface area contributed by atoms with Crippen molar-refractivity contribution >= 4 is 22.7 Å². The number of aryl methyl sites for hydroxylation is 2. The molecule has 0 saturated carbocycles. The normalized spacial score (nSPS) is 10.8. The Kier molecular flexibility index (Phi) is 6.94. The molecule has 0 fully saturated rings. The van der Waals surface area contributed by atoms with Gasteiger partial charge >= 0.3 is 0 Å². The number of amides is 1. The zero-order valence-electron chi connectivity index (χ0n) is 15.7. The molecule has 0 atom stereocenters. The lowest BCUT2D eigenvalue weighted by atomic mass is 10.0. The lowest BCUT2D eigenvalue weighted by Crippen LogP contribution is -2.09. The number of benzene rings is 2. The summed E-state index contributed by atoms with van der Waals surface area (Å²) < 4.78 is 6.02. The van der Waals surface area contributed by atoms with Gasteiger partial charge < -0.3 is 10.1 Å². The third kappa shape index (κ3) is 5.27. The Hall–Kier alpha value is -1.94. The molecule has 0 heterocycles. The van der Waals surface area contributed by atoms with Crippen LogP contribution in [0.3, 0.4) is 0 Å². The van der Waals surface area contributed by atoms with E-state index >= 15 is 0 Å². The first-order valence-electron chi connectivity index (χ1n) is 8.64. The summed E-state index contributed by atoms with van der Waals surface area (Å²) in [7, 11) is 0. The Morgan fingerprint density at radius 3 is 2.56 bits per heavy atom. The third-order valence-electron chi connectivity index (χ3n) is 4.25. The van der Waals surface area contributed by atoms with Gasteiger partial charge in [-0.3, -0.25) is 4.79 Å². The van der Waals surface area contributed by atoms with Gasteiger partial charge in [0.2, 0.25) is 0 Å². The highest BCUT2D eigenvalue weighted by Gasteiger charge is 2.11. The number of carbonyl (C=O) groups is 1. The minimum atomic E-state index is -0.0642. The molecular formula is C21H27NO2S. The summed E-state index contributed by atoms with van der Waals surface area (Å²) in [6.45, 7) is 8.92. The van der Waals surface area contributed by atoms with E-state index in [1.54, 1.807) is 6.26 Å². The quantitative estimate of drug-likeness (QED) is 0.673. The van der Waals surface area contributed by atoms with Crippen molar-refractivity contribution in [3.05, 3.63) is 58.7 Å². The second-order valence-electron chi connectivity index (χ2n) is 6.43. The Morgan fingerprint density at radius 2 is 1.96 bits per heavy atom. The molecular weight excluding hydrogens is 330 g/mol. The summed E-state index contributed by atoms with van der Waals surface area (Å²) in [4.78, 5) is 11.8. The predicted octanol–water partition coefficient (Wildman–Crippen LogP) is 6.15. The van der Waals surface area contributed by atoms with Gasteiger partial charge in [0.05, 0.1) is 0 Å². The molecule has 0 bridgehead atoms. The van der Waals surface area contributed by atoms with Crippen LogP contribution in [-0.4, -0.2) is 11.5 Å². The van der Waals surface area contributed by atoms with Gasteiger partial charge in [-0.15, -0.1) is 0 Å². The van der Waals surface area contributed by atoms with E-state index in [2.05, 4.69) is 51.2 Å². The zero-order valence-corrected chi connectivity index (χ0v) is 16.5. The van der Waals surface area contributed by atoms with Crippen LogP contribution in [0.4, 0.5) is 10.5 Å².